The van der Waals surface area contributed by atoms with E-state index in [9.17, 15) is 20.0 Å². The maximum atomic E-state index is 12.2. The number of carboxylic acids is 1. The third-order valence-corrected chi connectivity index (χ3v) is 5.30. The van der Waals surface area contributed by atoms with Crippen LogP contribution in [0.3, 0.4) is 0 Å². The number of rotatable bonds is 13. The van der Waals surface area contributed by atoms with Crippen molar-refractivity contribution in [3.05, 3.63) is 100 Å². The smallest absolute Gasteiger partial charge is 0.309 e. The summed E-state index contributed by atoms with van der Waals surface area (Å²) in [5, 5.41) is 27.5. The van der Waals surface area contributed by atoms with Crippen LogP contribution in [0.4, 0.5) is 5.69 Å². The molecule has 0 amide bonds. The molecule has 2 atom stereocenters. The number of hydrogen-bond donors (Lipinski definition) is 3. The van der Waals surface area contributed by atoms with Crippen LogP contribution in [-0.2, 0) is 17.6 Å². The Morgan fingerprint density at radius 1 is 0.939 bits per heavy atom. The quantitative estimate of drug-likeness (QED) is 0.206. The van der Waals surface area contributed by atoms with Gasteiger partial charge in [-0.2, -0.15) is 0 Å². The Morgan fingerprint density at radius 2 is 1.55 bits per heavy atom. The highest BCUT2D eigenvalue weighted by Gasteiger charge is 2.29. The van der Waals surface area contributed by atoms with Crippen molar-refractivity contribution >= 4 is 11.7 Å². The molecular formula is C24H27N5O4. The Kier molecular flexibility index (Phi) is 8.98. The van der Waals surface area contributed by atoms with Crippen molar-refractivity contribution in [1.29, 1.82) is 0 Å². The molecule has 9 nitrogen and oxygen atoms in total. The molecule has 0 aliphatic carbocycles. The number of nitrogens with one attached hydrogen (secondary N) is 2. The van der Waals surface area contributed by atoms with E-state index < -0.39 is 22.9 Å². The number of non-ortho nitro benzene ring substituents is 1. The highest BCUT2D eigenvalue weighted by atomic mass is 16.6. The first-order chi connectivity index (χ1) is 16.0. The number of benzene rings is 1. The summed E-state index contributed by atoms with van der Waals surface area (Å²) >= 11 is 0. The minimum Gasteiger partial charge on any atom is -0.481 e. The average molecular weight is 450 g/mol. The number of pyridine rings is 2. The van der Waals surface area contributed by atoms with Gasteiger partial charge in [-0.3, -0.25) is 24.9 Å². The molecule has 0 saturated carbocycles. The Morgan fingerprint density at radius 3 is 2.06 bits per heavy atom. The van der Waals surface area contributed by atoms with E-state index in [1.807, 2.05) is 36.4 Å². The summed E-state index contributed by atoms with van der Waals surface area (Å²) in [4.78, 5) is 31.3. The third kappa shape index (κ3) is 7.44. The molecule has 0 bridgehead atoms. The van der Waals surface area contributed by atoms with Crippen LogP contribution in [0.2, 0.25) is 0 Å². The second-order valence-corrected chi connectivity index (χ2v) is 7.57. The molecule has 0 spiro atoms. The number of aliphatic carboxylic acids is 1. The van der Waals surface area contributed by atoms with Crippen LogP contribution in [0.25, 0.3) is 0 Å². The monoisotopic (exact) mass is 449 g/mol. The molecule has 3 rings (SSSR count). The Labute approximate surface area is 192 Å². The first-order valence-corrected chi connectivity index (χ1v) is 10.8. The van der Waals surface area contributed by atoms with Gasteiger partial charge in [0.15, 0.2) is 0 Å². The molecule has 0 aliphatic rings. The largest absolute Gasteiger partial charge is 0.481 e. The maximum absolute atomic E-state index is 12.2. The normalized spacial score (nSPS) is 12.7. The summed E-state index contributed by atoms with van der Waals surface area (Å²) in [6.07, 6.45) is 4.76. The van der Waals surface area contributed by atoms with Gasteiger partial charge in [0.25, 0.3) is 5.69 Å². The fourth-order valence-corrected chi connectivity index (χ4v) is 3.57. The molecule has 2 unspecified atom stereocenters. The van der Waals surface area contributed by atoms with E-state index in [-0.39, 0.29) is 12.2 Å². The molecule has 2 heterocycles. The van der Waals surface area contributed by atoms with Crippen LogP contribution >= 0.6 is 0 Å². The zero-order valence-electron chi connectivity index (χ0n) is 18.1. The van der Waals surface area contributed by atoms with Gasteiger partial charge in [0, 0.05) is 74.4 Å². The van der Waals surface area contributed by atoms with Crippen LogP contribution in [0.1, 0.15) is 23.0 Å². The van der Waals surface area contributed by atoms with E-state index in [1.54, 1.807) is 24.5 Å². The lowest BCUT2D eigenvalue weighted by molar-refractivity contribution is -0.384. The van der Waals surface area contributed by atoms with Crippen molar-refractivity contribution in [2.45, 2.75) is 18.9 Å². The molecule has 2 aromatic heterocycles. The molecule has 0 saturated heterocycles. The molecular weight excluding hydrogens is 422 g/mol. The van der Waals surface area contributed by atoms with E-state index in [0.717, 1.165) is 11.4 Å². The number of carbonyl (C=O) groups is 1. The summed E-state index contributed by atoms with van der Waals surface area (Å²) in [5.41, 5.74) is 2.47. The molecule has 1 aromatic carbocycles. The van der Waals surface area contributed by atoms with Gasteiger partial charge in [0.05, 0.1) is 10.8 Å². The van der Waals surface area contributed by atoms with E-state index >= 15 is 0 Å². The predicted octanol–water partition coefficient (Wildman–Crippen LogP) is 2.79. The van der Waals surface area contributed by atoms with Crippen molar-refractivity contribution in [2.24, 2.45) is 5.92 Å². The predicted molar refractivity (Wildman–Crippen MR) is 124 cm³/mol. The van der Waals surface area contributed by atoms with Gasteiger partial charge in [0.2, 0.25) is 0 Å². The van der Waals surface area contributed by atoms with Crippen LogP contribution in [-0.4, -0.2) is 45.6 Å². The van der Waals surface area contributed by atoms with Crippen molar-refractivity contribution in [1.82, 2.24) is 20.6 Å². The zero-order valence-corrected chi connectivity index (χ0v) is 18.1. The number of aromatic nitrogens is 2. The van der Waals surface area contributed by atoms with Gasteiger partial charge in [-0.1, -0.05) is 24.3 Å². The van der Waals surface area contributed by atoms with Crippen molar-refractivity contribution < 1.29 is 14.8 Å². The molecule has 3 N–H and O–H groups in total. The van der Waals surface area contributed by atoms with Crippen LogP contribution in [0, 0.1) is 16.0 Å². The van der Waals surface area contributed by atoms with Crippen molar-refractivity contribution in [2.75, 3.05) is 19.6 Å². The summed E-state index contributed by atoms with van der Waals surface area (Å²) in [6, 6.07) is 16.8. The molecule has 3 aromatic rings. The second kappa shape index (κ2) is 12.4. The number of nitrogens with zero attached hydrogens (tertiary/aromatic N) is 3. The van der Waals surface area contributed by atoms with E-state index in [2.05, 4.69) is 20.6 Å². The lowest BCUT2D eigenvalue weighted by atomic mass is 9.92. The first kappa shape index (κ1) is 24.0. The van der Waals surface area contributed by atoms with Crippen LogP contribution in [0.15, 0.2) is 73.1 Å². The average Bonchev–Trinajstić information content (AvgIpc) is 2.84. The van der Waals surface area contributed by atoms with Crippen LogP contribution < -0.4 is 10.6 Å². The number of nitro benzene ring substituents is 1. The lowest BCUT2D eigenvalue weighted by Crippen LogP contribution is -2.40. The molecule has 9 heteroatoms. The van der Waals surface area contributed by atoms with Crippen molar-refractivity contribution in [3.63, 3.8) is 0 Å². The molecule has 0 fully saturated rings. The molecule has 0 aliphatic heterocycles. The van der Waals surface area contributed by atoms with E-state index in [4.69, 9.17) is 0 Å². The van der Waals surface area contributed by atoms with Gasteiger partial charge in [-0.25, -0.2) is 0 Å². The second-order valence-electron chi connectivity index (χ2n) is 7.57. The lowest BCUT2D eigenvalue weighted by Gasteiger charge is -2.26. The Bertz CT molecular complexity index is 1020. The number of carboxylic acid groups (broad SMARTS) is 1. The molecule has 172 valence electrons. The fraction of sp³-hybridized carbons (Fsp3) is 0.292. The number of nitro groups is 1. The Balaban J connectivity index is 1.69. The Hall–Kier alpha value is -3.69. The standard InChI is InChI=1S/C24H27N5O4/c30-24(31)22(17-25-15-11-19-5-1-3-13-26-19)23(18-7-9-21(10-8-18)29(32)33)28-16-12-20-6-2-4-14-27-20/h1-10,13-14,22-23,25,28H,11-12,15-17H2,(H,30,31). The fourth-order valence-electron chi connectivity index (χ4n) is 3.57. The van der Waals surface area contributed by atoms with Gasteiger partial charge in [-0.15, -0.1) is 0 Å². The molecule has 33 heavy (non-hydrogen) atoms. The number of hydrogen-bond acceptors (Lipinski definition) is 7. The summed E-state index contributed by atoms with van der Waals surface area (Å²) < 4.78 is 0. The highest BCUT2D eigenvalue weighted by molar-refractivity contribution is 5.71. The van der Waals surface area contributed by atoms with Crippen LogP contribution in [0.5, 0.6) is 0 Å². The summed E-state index contributed by atoms with van der Waals surface area (Å²) in [6.45, 7) is 1.33. The maximum Gasteiger partial charge on any atom is 0.309 e. The summed E-state index contributed by atoms with van der Waals surface area (Å²) in [7, 11) is 0. The van der Waals surface area contributed by atoms with E-state index in [0.29, 0.717) is 31.5 Å². The minimum absolute atomic E-state index is 0.0358. The third-order valence-electron chi connectivity index (χ3n) is 5.30. The van der Waals surface area contributed by atoms with Gasteiger partial charge in [0.1, 0.15) is 0 Å². The highest BCUT2D eigenvalue weighted by Crippen LogP contribution is 2.25. The van der Waals surface area contributed by atoms with Gasteiger partial charge < -0.3 is 15.7 Å². The molecule has 0 radical (unpaired) electrons. The van der Waals surface area contributed by atoms with Gasteiger partial charge in [-0.05, 0) is 29.8 Å². The minimum atomic E-state index is -0.950. The van der Waals surface area contributed by atoms with Gasteiger partial charge >= 0.3 is 5.97 Å². The zero-order chi connectivity index (χ0) is 23.5. The SMILES string of the molecule is O=C(O)C(CNCCc1ccccn1)C(NCCc1ccccn1)c1ccc([N+](=O)[O-])cc1. The topological polar surface area (TPSA) is 130 Å². The first-order valence-electron chi connectivity index (χ1n) is 10.8. The summed E-state index contributed by atoms with van der Waals surface area (Å²) in [5.74, 6) is -1.73. The van der Waals surface area contributed by atoms with Crippen molar-refractivity contribution in [3.8, 4) is 0 Å². The van der Waals surface area contributed by atoms with E-state index in [1.165, 1.54) is 12.1 Å².